The molecule has 1 N–H and O–H groups in total. The number of benzene rings is 2. The summed E-state index contributed by atoms with van der Waals surface area (Å²) in [6, 6.07) is 20.3. The van der Waals surface area contributed by atoms with Crippen molar-refractivity contribution in [2.75, 3.05) is 19.6 Å². The second kappa shape index (κ2) is 15.0. The van der Waals surface area contributed by atoms with Gasteiger partial charge in [-0.3, -0.25) is 9.48 Å². The number of carboxylic acid groups (broad SMARTS) is 1. The maximum Gasteiger partial charge on any atom is 0.306 e. The number of carboxylic acids is 1. The van der Waals surface area contributed by atoms with E-state index in [-0.39, 0.29) is 17.7 Å². The fourth-order valence-electron chi connectivity index (χ4n) is 6.74. The van der Waals surface area contributed by atoms with Crippen molar-refractivity contribution < 1.29 is 14.3 Å². The number of halogens is 1. The van der Waals surface area contributed by atoms with Gasteiger partial charge in [-0.05, 0) is 98.7 Å². The minimum Gasteiger partial charge on any atom is -0.481 e. The van der Waals surface area contributed by atoms with Gasteiger partial charge in [0.1, 0.15) is 5.82 Å². The zero-order valence-electron chi connectivity index (χ0n) is 26.2. The quantitative estimate of drug-likeness (QED) is 0.281. The van der Waals surface area contributed by atoms with Gasteiger partial charge in [-0.2, -0.15) is 5.10 Å². The standard InChI is InChI=1S/C30H38FN3.C6H12O2/c1-3-34-30(20-28(32-34)18-23-8-5-4-6-9-23)24-12-14-33(15-13-24)21-26-16-22(2)17-29(26)25-10-7-11-27(31)19-25;1-4(2)5(3)6(7)8/h4-11,19-20,22,24,26,29H,3,12-18,21H2,1-2H3;4-5H,1-3H3,(H,7,8). The van der Waals surface area contributed by atoms with Crippen molar-refractivity contribution in [3.8, 4) is 0 Å². The average Bonchev–Trinajstić information content (AvgIpc) is 3.56. The lowest BCUT2D eigenvalue weighted by atomic mass is 9.87. The SMILES string of the molecule is CC(C)C(C)C(=O)O.CCn1nc(Cc2ccccc2)cc1C1CCN(CC2CC(C)CC2c2cccc(F)c2)CC1. The number of aromatic nitrogens is 2. The van der Waals surface area contributed by atoms with Crippen molar-refractivity contribution in [2.24, 2.45) is 23.7 Å². The maximum atomic E-state index is 13.9. The van der Waals surface area contributed by atoms with E-state index < -0.39 is 5.97 Å². The van der Waals surface area contributed by atoms with Crippen LogP contribution in [0.15, 0.2) is 60.7 Å². The van der Waals surface area contributed by atoms with Crippen LogP contribution in [0.5, 0.6) is 0 Å². The van der Waals surface area contributed by atoms with Gasteiger partial charge in [0.2, 0.25) is 0 Å². The lowest BCUT2D eigenvalue weighted by Gasteiger charge is -2.35. The molecule has 4 atom stereocenters. The van der Waals surface area contributed by atoms with Crippen LogP contribution in [0.25, 0.3) is 0 Å². The molecule has 2 aliphatic rings. The van der Waals surface area contributed by atoms with Crippen LogP contribution in [0.2, 0.25) is 0 Å². The van der Waals surface area contributed by atoms with Crippen molar-refractivity contribution in [3.63, 3.8) is 0 Å². The maximum absolute atomic E-state index is 13.9. The smallest absolute Gasteiger partial charge is 0.306 e. The van der Waals surface area contributed by atoms with Crippen molar-refractivity contribution >= 4 is 5.97 Å². The van der Waals surface area contributed by atoms with Gasteiger partial charge in [0.25, 0.3) is 0 Å². The summed E-state index contributed by atoms with van der Waals surface area (Å²) in [5.74, 6) is 1.66. The summed E-state index contributed by atoms with van der Waals surface area (Å²) in [6.07, 6.45) is 5.74. The van der Waals surface area contributed by atoms with Crippen molar-refractivity contribution in [1.29, 1.82) is 0 Å². The summed E-state index contributed by atoms with van der Waals surface area (Å²) in [4.78, 5) is 12.8. The Labute approximate surface area is 252 Å². The Morgan fingerprint density at radius 1 is 1.02 bits per heavy atom. The average molecular weight is 576 g/mol. The van der Waals surface area contributed by atoms with E-state index in [1.165, 1.54) is 48.2 Å². The van der Waals surface area contributed by atoms with Gasteiger partial charge < -0.3 is 10.0 Å². The Kier molecular flexibility index (Phi) is 11.4. The number of carbonyl (C=O) groups is 1. The third-order valence-electron chi connectivity index (χ3n) is 9.48. The highest BCUT2D eigenvalue weighted by Crippen LogP contribution is 2.44. The molecule has 4 unspecified atom stereocenters. The van der Waals surface area contributed by atoms with Gasteiger partial charge in [0.05, 0.1) is 11.6 Å². The predicted molar refractivity (Wildman–Crippen MR) is 168 cm³/mol. The Balaban J connectivity index is 0.000000446. The number of aliphatic carboxylic acids is 1. The molecule has 1 saturated carbocycles. The molecule has 5 nitrogen and oxygen atoms in total. The van der Waals surface area contributed by atoms with E-state index >= 15 is 0 Å². The number of hydrogen-bond acceptors (Lipinski definition) is 3. The second-order valence-electron chi connectivity index (χ2n) is 13.0. The van der Waals surface area contributed by atoms with Crippen molar-refractivity contribution in [2.45, 2.75) is 85.1 Å². The molecule has 1 aliphatic heterocycles. The summed E-state index contributed by atoms with van der Waals surface area (Å²) in [6.45, 7) is 14.4. The highest BCUT2D eigenvalue weighted by molar-refractivity contribution is 5.69. The highest BCUT2D eigenvalue weighted by atomic mass is 19.1. The monoisotopic (exact) mass is 575 g/mol. The number of nitrogens with zero attached hydrogens (tertiary/aromatic N) is 3. The molecule has 1 aromatic heterocycles. The van der Waals surface area contributed by atoms with Crippen molar-refractivity contribution in [3.05, 3.63) is 89.0 Å². The van der Waals surface area contributed by atoms with Crippen molar-refractivity contribution in [1.82, 2.24) is 14.7 Å². The number of rotatable bonds is 9. The van der Waals surface area contributed by atoms with E-state index in [0.29, 0.717) is 17.8 Å². The summed E-state index contributed by atoms with van der Waals surface area (Å²) >= 11 is 0. The number of likely N-dealkylation sites (tertiary alicyclic amines) is 1. The van der Waals surface area contributed by atoms with Gasteiger partial charge in [0.15, 0.2) is 0 Å². The molecule has 6 heteroatoms. The molecule has 2 heterocycles. The Hall–Kier alpha value is -2.99. The van der Waals surface area contributed by atoms with Crippen LogP contribution in [0.1, 0.15) is 94.7 Å². The van der Waals surface area contributed by atoms with E-state index in [9.17, 15) is 9.18 Å². The Bertz CT molecular complexity index is 1270. The van der Waals surface area contributed by atoms with Crippen LogP contribution in [-0.2, 0) is 17.8 Å². The van der Waals surface area contributed by atoms with Gasteiger partial charge in [-0.15, -0.1) is 0 Å². The summed E-state index contributed by atoms with van der Waals surface area (Å²) in [5, 5.41) is 13.3. The number of hydrogen-bond donors (Lipinski definition) is 1. The second-order valence-corrected chi connectivity index (χ2v) is 13.0. The van der Waals surface area contributed by atoms with E-state index in [1.54, 1.807) is 19.1 Å². The zero-order valence-corrected chi connectivity index (χ0v) is 26.2. The zero-order chi connectivity index (χ0) is 30.2. The molecule has 2 fully saturated rings. The molecule has 0 bridgehead atoms. The summed E-state index contributed by atoms with van der Waals surface area (Å²) < 4.78 is 16.1. The Morgan fingerprint density at radius 3 is 2.33 bits per heavy atom. The summed E-state index contributed by atoms with van der Waals surface area (Å²) in [7, 11) is 0. The number of piperidine rings is 1. The molecule has 5 rings (SSSR count). The first-order valence-electron chi connectivity index (χ1n) is 16.0. The normalized spacial score (nSPS) is 22.1. The molecular formula is C36H50FN3O2. The lowest BCUT2D eigenvalue weighted by Crippen LogP contribution is -2.37. The first-order chi connectivity index (χ1) is 20.1. The summed E-state index contributed by atoms with van der Waals surface area (Å²) in [5.41, 5.74) is 5.12. The van der Waals surface area contributed by atoms with Gasteiger partial charge in [-0.1, -0.05) is 70.2 Å². The molecule has 1 saturated heterocycles. The van der Waals surface area contributed by atoms with Gasteiger partial charge in [0, 0.05) is 31.1 Å². The van der Waals surface area contributed by atoms with Gasteiger partial charge in [-0.25, -0.2) is 4.39 Å². The topological polar surface area (TPSA) is 58.4 Å². The molecule has 3 aromatic rings. The van der Waals surface area contributed by atoms with Crippen LogP contribution in [0.4, 0.5) is 4.39 Å². The third kappa shape index (κ3) is 8.53. The predicted octanol–water partition coefficient (Wildman–Crippen LogP) is 8.01. The third-order valence-corrected chi connectivity index (χ3v) is 9.48. The molecule has 42 heavy (non-hydrogen) atoms. The molecule has 0 amide bonds. The van der Waals surface area contributed by atoms with Crippen LogP contribution < -0.4 is 0 Å². The highest BCUT2D eigenvalue weighted by Gasteiger charge is 2.35. The molecule has 2 aromatic carbocycles. The van der Waals surface area contributed by atoms with Crippen LogP contribution in [-0.4, -0.2) is 45.4 Å². The number of aryl methyl sites for hydroxylation is 1. The molecule has 0 spiro atoms. The fraction of sp³-hybridized carbons (Fsp3) is 0.556. The van der Waals surface area contributed by atoms with Crippen LogP contribution in [0.3, 0.4) is 0 Å². The van der Waals surface area contributed by atoms with E-state index in [4.69, 9.17) is 10.2 Å². The Morgan fingerprint density at radius 2 is 1.74 bits per heavy atom. The minimum atomic E-state index is -0.708. The van der Waals surface area contributed by atoms with E-state index in [1.807, 2.05) is 19.9 Å². The first kappa shape index (κ1) is 31.9. The fourth-order valence-corrected chi connectivity index (χ4v) is 6.74. The lowest BCUT2D eigenvalue weighted by molar-refractivity contribution is -0.142. The molecule has 1 aliphatic carbocycles. The van der Waals surface area contributed by atoms with E-state index in [0.717, 1.165) is 38.5 Å². The van der Waals surface area contributed by atoms with Gasteiger partial charge >= 0.3 is 5.97 Å². The van der Waals surface area contributed by atoms with Crippen LogP contribution >= 0.6 is 0 Å². The first-order valence-corrected chi connectivity index (χ1v) is 16.0. The van der Waals surface area contributed by atoms with E-state index in [2.05, 4.69) is 65.9 Å². The minimum absolute atomic E-state index is 0.101. The molecule has 0 radical (unpaired) electrons. The molecule has 228 valence electrons. The molecular weight excluding hydrogens is 525 g/mol. The van der Waals surface area contributed by atoms with Crippen LogP contribution in [0, 0.1) is 29.5 Å². The largest absolute Gasteiger partial charge is 0.481 e.